The molecule has 1 aliphatic rings. The predicted octanol–water partition coefficient (Wildman–Crippen LogP) is 3.49. The molecule has 0 spiro atoms. The fourth-order valence-electron chi connectivity index (χ4n) is 3.46. The van der Waals surface area contributed by atoms with Gasteiger partial charge in [0.25, 0.3) is 12.3 Å². The molecule has 0 saturated carbocycles. The summed E-state index contributed by atoms with van der Waals surface area (Å²) in [6.45, 7) is 2.54. The third kappa shape index (κ3) is 5.88. The Morgan fingerprint density at radius 2 is 1.94 bits per heavy atom. The van der Waals surface area contributed by atoms with Gasteiger partial charge in [-0.3, -0.25) is 9.69 Å². The first-order chi connectivity index (χ1) is 15.9. The Bertz CT molecular complexity index is 1110. The van der Waals surface area contributed by atoms with E-state index in [1.54, 1.807) is 30.6 Å². The number of benzene rings is 1. The molecule has 2 unspecified atom stereocenters. The Hall–Kier alpha value is -2.10. The molecule has 3 heterocycles. The lowest BCUT2D eigenvalue weighted by Crippen LogP contribution is -2.43. The first-order valence-corrected chi connectivity index (χ1v) is 11.9. The highest BCUT2D eigenvalue weighted by Gasteiger charge is 2.27. The van der Waals surface area contributed by atoms with Crippen LogP contribution in [0.1, 0.15) is 32.7 Å². The molecule has 174 valence electrons. The lowest BCUT2D eigenvalue weighted by Gasteiger charge is -2.33. The Balaban J connectivity index is 1.53. The van der Waals surface area contributed by atoms with Crippen molar-refractivity contribution in [3.05, 3.63) is 57.3 Å². The number of hydrogen-bond donors (Lipinski definition) is 1. The molecular weight excluding hydrogens is 491 g/mol. The number of halogens is 3. The number of morpholine rings is 1. The predicted molar refractivity (Wildman–Crippen MR) is 126 cm³/mol. The molecule has 7 nitrogen and oxygen atoms in total. The SMILES string of the molecule is O=C(NCC(c1cnc(C(F)F)s1)N1CCOCC1)c1cc(-c2ncc(P)cn2)ccc1Cl. The summed E-state index contributed by atoms with van der Waals surface area (Å²) in [5.74, 6) is 0.101. The van der Waals surface area contributed by atoms with E-state index < -0.39 is 6.43 Å². The minimum atomic E-state index is -2.63. The van der Waals surface area contributed by atoms with Gasteiger partial charge in [0.2, 0.25) is 0 Å². The first-order valence-electron chi connectivity index (χ1n) is 10.1. The van der Waals surface area contributed by atoms with Gasteiger partial charge in [0.1, 0.15) is 0 Å². The molecule has 1 aliphatic heterocycles. The molecule has 2 atom stereocenters. The molecular formula is C21H21ClF2N5O2PS. The number of hydrogen-bond acceptors (Lipinski definition) is 7. The van der Waals surface area contributed by atoms with Gasteiger partial charge in [-0.25, -0.2) is 23.7 Å². The lowest BCUT2D eigenvalue weighted by atomic mass is 10.1. The number of nitrogens with zero attached hydrogens (tertiary/aromatic N) is 4. The van der Waals surface area contributed by atoms with Gasteiger partial charge in [0.05, 0.1) is 29.8 Å². The van der Waals surface area contributed by atoms with E-state index in [-0.39, 0.29) is 29.1 Å². The minimum Gasteiger partial charge on any atom is -0.379 e. The molecule has 0 radical (unpaired) electrons. The van der Waals surface area contributed by atoms with Crippen molar-refractivity contribution in [1.29, 1.82) is 0 Å². The summed E-state index contributed by atoms with van der Waals surface area (Å²) in [4.78, 5) is 28.2. The molecule has 0 bridgehead atoms. The van der Waals surface area contributed by atoms with Crippen molar-refractivity contribution in [2.45, 2.75) is 12.5 Å². The van der Waals surface area contributed by atoms with Crippen molar-refractivity contribution in [3.8, 4) is 11.4 Å². The number of carbonyl (C=O) groups excluding carboxylic acids is 1. The third-order valence-electron chi connectivity index (χ3n) is 5.14. The summed E-state index contributed by atoms with van der Waals surface area (Å²) in [5, 5.41) is 3.81. The van der Waals surface area contributed by atoms with E-state index in [1.807, 2.05) is 0 Å². The second kappa shape index (κ2) is 10.9. The maximum atomic E-state index is 13.1. The van der Waals surface area contributed by atoms with E-state index in [4.69, 9.17) is 16.3 Å². The second-order valence-electron chi connectivity index (χ2n) is 7.31. The van der Waals surface area contributed by atoms with Crippen LogP contribution in [0.15, 0.2) is 36.8 Å². The average Bonchev–Trinajstić information content (AvgIpc) is 3.31. The first kappa shape index (κ1) is 24.0. The summed E-state index contributed by atoms with van der Waals surface area (Å²) >= 11 is 7.25. The topological polar surface area (TPSA) is 80.2 Å². The molecule has 1 N–H and O–H groups in total. The average molecular weight is 512 g/mol. The van der Waals surface area contributed by atoms with E-state index in [1.165, 1.54) is 6.20 Å². The number of rotatable bonds is 7. The Labute approximate surface area is 200 Å². The normalized spacial score (nSPS) is 15.5. The lowest BCUT2D eigenvalue weighted by molar-refractivity contribution is 0.0169. The molecule has 1 aromatic carbocycles. The Kier molecular flexibility index (Phi) is 7.93. The van der Waals surface area contributed by atoms with Crippen LogP contribution in [-0.2, 0) is 4.74 Å². The third-order valence-corrected chi connectivity index (χ3v) is 6.87. The molecule has 12 heteroatoms. The number of aromatic nitrogens is 3. The largest absolute Gasteiger partial charge is 0.379 e. The van der Waals surface area contributed by atoms with Crippen LogP contribution in [0.5, 0.6) is 0 Å². The second-order valence-corrected chi connectivity index (χ2v) is 9.48. The van der Waals surface area contributed by atoms with Crippen LogP contribution in [-0.4, -0.2) is 58.6 Å². The zero-order valence-corrected chi connectivity index (χ0v) is 20.1. The maximum Gasteiger partial charge on any atom is 0.289 e. The number of nitrogens with one attached hydrogen (secondary N) is 1. The Morgan fingerprint density at radius 3 is 2.61 bits per heavy atom. The summed E-state index contributed by atoms with van der Waals surface area (Å²) in [6.07, 6.45) is 2.15. The van der Waals surface area contributed by atoms with Crippen LogP contribution in [0, 0.1) is 0 Å². The highest BCUT2D eigenvalue weighted by Crippen LogP contribution is 2.31. The molecule has 2 aromatic heterocycles. The number of amides is 1. The molecule has 33 heavy (non-hydrogen) atoms. The van der Waals surface area contributed by atoms with Gasteiger partial charge in [0.15, 0.2) is 10.8 Å². The van der Waals surface area contributed by atoms with E-state index in [0.29, 0.717) is 47.6 Å². The van der Waals surface area contributed by atoms with Gasteiger partial charge < -0.3 is 10.1 Å². The van der Waals surface area contributed by atoms with Crippen molar-refractivity contribution < 1.29 is 18.3 Å². The zero-order valence-electron chi connectivity index (χ0n) is 17.4. The van der Waals surface area contributed by atoms with Crippen LogP contribution >= 0.6 is 32.2 Å². The molecule has 1 saturated heterocycles. The van der Waals surface area contributed by atoms with E-state index in [0.717, 1.165) is 16.6 Å². The van der Waals surface area contributed by atoms with Gasteiger partial charge >= 0.3 is 0 Å². The number of alkyl halides is 2. The van der Waals surface area contributed by atoms with Gasteiger partial charge in [-0.05, 0) is 18.2 Å². The van der Waals surface area contributed by atoms with Crippen LogP contribution in [0.25, 0.3) is 11.4 Å². The van der Waals surface area contributed by atoms with Gasteiger partial charge in [-0.1, -0.05) is 11.6 Å². The van der Waals surface area contributed by atoms with Gasteiger partial charge in [-0.2, -0.15) is 0 Å². The standard InChI is InChI=1S/C21H21ClF2N5O2PS/c22-15-2-1-12(19-25-8-13(32)9-26-19)7-14(15)20(30)27-10-16(29-3-5-31-6-4-29)17-11-28-21(33-17)18(23)24/h1-2,7-9,11,16,18H,3-6,10,32H2,(H,27,30). The van der Waals surface area contributed by atoms with Crippen LogP contribution in [0.3, 0.4) is 0 Å². The minimum absolute atomic E-state index is 0.211. The number of ether oxygens (including phenoxy) is 1. The fourth-order valence-corrected chi connectivity index (χ4v) is 4.73. The maximum absolute atomic E-state index is 13.1. The molecule has 4 rings (SSSR count). The molecule has 1 amide bonds. The highest BCUT2D eigenvalue weighted by atomic mass is 35.5. The fraction of sp³-hybridized carbons (Fsp3) is 0.333. The van der Waals surface area contributed by atoms with Crippen molar-refractivity contribution >= 4 is 43.4 Å². The number of thiazole rings is 1. The van der Waals surface area contributed by atoms with Crippen molar-refractivity contribution in [1.82, 2.24) is 25.2 Å². The van der Waals surface area contributed by atoms with E-state index in [2.05, 4.69) is 34.4 Å². The summed E-state index contributed by atoms with van der Waals surface area (Å²) in [5.41, 5.74) is 0.939. The Morgan fingerprint density at radius 1 is 1.21 bits per heavy atom. The highest BCUT2D eigenvalue weighted by molar-refractivity contribution is 7.27. The monoisotopic (exact) mass is 511 g/mol. The quantitative estimate of drug-likeness (QED) is 0.489. The smallest absolute Gasteiger partial charge is 0.289 e. The summed E-state index contributed by atoms with van der Waals surface area (Å²) in [6, 6.07) is 4.71. The molecule has 3 aromatic rings. The van der Waals surface area contributed by atoms with Crippen molar-refractivity contribution in [2.24, 2.45) is 0 Å². The van der Waals surface area contributed by atoms with Crippen LogP contribution < -0.4 is 10.6 Å². The van der Waals surface area contributed by atoms with Gasteiger partial charge in [0, 0.05) is 54.0 Å². The van der Waals surface area contributed by atoms with Crippen molar-refractivity contribution in [2.75, 3.05) is 32.8 Å². The summed E-state index contributed by atoms with van der Waals surface area (Å²) in [7, 11) is 2.52. The van der Waals surface area contributed by atoms with Gasteiger partial charge in [-0.15, -0.1) is 20.6 Å². The zero-order chi connectivity index (χ0) is 23.4. The summed E-state index contributed by atoms with van der Waals surface area (Å²) < 4.78 is 31.6. The number of carbonyl (C=O) groups is 1. The van der Waals surface area contributed by atoms with Crippen LogP contribution in [0.2, 0.25) is 5.02 Å². The van der Waals surface area contributed by atoms with Crippen LogP contribution in [0.4, 0.5) is 8.78 Å². The van der Waals surface area contributed by atoms with E-state index in [9.17, 15) is 13.6 Å². The molecule has 0 aliphatic carbocycles. The van der Waals surface area contributed by atoms with E-state index >= 15 is 0 Å². The van der Waals surface area contributed by atoms with Crippen molar-refractivity contribution in [3.63, 3.8) is 0 Å². The molecule has 1 fully saturated rings.